The van der Waals surface area contributed by atoms with Gasteiger partial charge in [-0.25, -0.2) is 4.98 Å². The Hall–Kier alpha value is -4.63. The predicted octanol–water partition coefficient (Wildman–Crippen LogP) is 5.28. The van der Waals surface area contributed by atoms with E-state index in [1.165, 1.54) is 0 Å². The molecule has 2 heterocycles. The SMILES string of the molecule is NC[C@H]1CC[C@H](C(=O)NC(Cc2ccccc2OCc2ccccc2)c2nc(-c3ccc4c(N)n[nH]c4c3)c[nH]2)CC1. The van der Waals surface area contributed by atoms with Crippen LogP contribution in [0.1, 0.15) is 48.7 Å². The number of rotatable bonds is 10. The average molecular weight is 564 g/mol. The highest BCUT2D eigenvalue weighted by atomic mass is 16.5. The number of aromatic nitrogens is 4. The van der Waals surface area contributed by atoms with Crippen LogP contribution in [0.3, 0.4) is 0 Å². The van der Waals surface area contributed by atoms with Gasteiger partial charge in [-0.3, -0.25) is 9.89 Å². The average Bonchev–Trinajstić information content (AvgIpc) is 3.68. The Morgan fingerprint density at radius 3 is 2.62 bits per heavy atom. The van der Waals surface area contributed by atoms with Gasteiger partial charge < -0.3 is 26.5 Å². The minimum atomic E-state index is -0.369. The number of benzene rings is 3. The number of hydrogen-bond acceptors (Lipinski definition) is 6. The predicted molar refractivity (Wildman–Crippen MR) is 164 cm³/mol. The van der Waals surface area contributed by atoms with E-state index in [0.29, 0.717) is 37.1 Å². The molecule has 1 aliphatic rings. The van der Waals surface area contributed by atoms with E-state index in [9.17, 15) is 4.79 Å². The number of nitrogen functional groups attached to an aromatic ring is 1. The van der Waals surface area contributed by atoms with Gasteiger partial charge in [0.1, 0.15) is 18.2 Å². The standard InChI is InChI=1S/C33H37N7O2/c34-18-21-10-12-23(13-11-21)33(41)38-28(17-25-8-4-5-9-30(25)42-20-22-6-2-1-3-7-22)32-36-19-29(37-32)24-14-15-26-27(16-24)39-40-31(26)35/h1-9,14-16,19,21,23,28H,10-13,17-18,20,34H2,(H,36,37)(H,38,41)(H3,35,39,40)/t21-,23-,28?. The van der Waals surface area contributed by atoms with Gasteiger partial charge in [-0.2, -0.15) is 5.10 Å². The Balaban J connectivity index is 1.25. The van der Waals surface area contributed by atoms with Gasteiger partial charge in [0.2, 0.25) is 5.91 Å². The fourth-order valence-corrected chi connectivity index (χ4v) is 5.80. The first-order valence-electron chi connectivity index (χ1n) is 14.6. The monoisotopic (exact) mass is 563 g/mol. The summed E-state index contributed by atoms with van der Waals surface area (Å²) in [6.07, 6.45) is 6.08. The first-order chi connectivity index (χ1) is 20.6. The molecule has 0 bridgehead atoms. The second kappa shape index (κ2) is 12.5. The van der Waals surface area contributed by atoms with E-state index in [1.807, 2.05) is 79.0 Å². The van der Waals surface area contributed by atoms with Crippen LogP contribution in [0.15, 0.2) is 79.0 Å². The molecule has 216 valence electrons. The lowest BCUT2D eigenvalue weighted by molar-refractivity contribution is -0.127. The van der Waals surface area contributed by atoms with Gasteiger partial charge in [0.15, 0.2) is 5.82 Å². The molecule has 1 fully saturated rings. The molecule has 5 aromatic rings. The van der Waals surface area contributed by atoms with Gasteiger partial charge in [0.25, 0.3) is 0 Å². The van der Waals surface area contributed by atoms with Crippen molar-refractivity contribution in [1.82, 2.24) is 25.5 Å². The van der Waals surface area contributed by atoms with Crippen LogP contribution in [-0.4, -0.2) is 32.6 Å². The van der Waals surface area contributed by atoms with Gasteiger partial charge in [0, 0.05) is 29.5 Å². The zero-order chi connectivity index (χ0) is 28.9. The van der Waals surface area contributed by atoms with Gasteiger partial charge >= 0.3 is 0 Å². The number of aromatic amines is 2. The number of fused-ring (bicyclic) bond motifs is 1. The number of ether oxygens (including phenoxy) is 1. The first kappa shape index (κ1) is 27.5. The van der Waals surface area contributed by atoms with Crippen LogP contribution in [0, 0.1) is 11.8 Å². The molecule has 1 amide bonds. The minimum absolute atomic E-state index is 0.0254. The lowest BCUT2D eigenvalue weighted by atomic mass is 9.81. The Bertz CT molecular complexity index is 1640. The first-order valence-corrected chi connectivity index (χ1v) is 14.6. The van der Waals surface area contributed by atoms with Gasteiger partial charge in [-0.15, -0.1) is 0 Å². The Kier molecular flexibility index (Phi) is 8.18. The van der Waals surface area contributed by atoms with Crippen molar-refractivity contribution in [2.75, 3.05) is 12.3 Å². The summed E-state index contributed by atoms with van der Waals surface area (Å²) in [5.74, 6) is 2.49. The second-order valence-corrected chi connectivity index (χ2v) is 11.1. The van der Waals surface area contributed by atoms with Crippen molar-refractivity contribution < 1.29 is 9.53 Å². The number of para-hydroxylation sites is 1. The molecule has 9 heteroatoms. The summed E-state index contributed by atoms with van der Waals surface area (Å²) in [6, 6.07) is 23.6. The van der Waals surface area contributed by atoms with Crippen molar-refractivity contribution in [3.8, 4) is 17.0 Å². The molecule has 3 aromatic carbocycles. The van der Waals surface area contributed by atoms with E-state index < -0.39 is 0 Å². The third-order valence-corrected chi connectivity index (χ3v) is 8.32. The van der Waals surface area contributed by atoms with Crippen molar-refractivity contribution in [2.45, 2.75) is 44.8 Å². The zero-order valence-corrected chi connectivity index (χ0v) is 23.6. The summed E-state index contributed by atoms with van der Waals surface area (Å²) >= 11 is 0. The van der Waals surface area contributed by atoms with Crippen molar-refractivity contribution >= 4 is 22.6 Å². The molecule has 1 aliphatic carbocycles. The quantitative estimate of drug-likeness (QED) is 0.156. The van der Waals surface area contributed by atoms with Crippen molar-refractivity contribution in [2.24, 2.45) is 17.6 Å². The zero-order valence-electron chi connectivity index (χ0n) is 23.6. The van der Waals surface area contributed by atoms with Crippen molar-refractivity contribution in [3.05, 3.63) is 95.9 Å². The number of hydrogen-bond donors (Lipinski definition) is 5. The maximum absolute atomic E-state index is 13.6. The molecular formula is C33H37N7O2. The summed E-state index contributed by atoms with van der Waals surface area (Å²) < 4.78 is 6.25. The normalized spacial score (nSPS) is 17.6. The minimum Gasteiger partial charge on any atom is -0.489 e. The lowest BCUT2D eigenvalue weighted by Crippen LogP contribution is -2.37. The molecule has 2 aromatic heterocycles. The number of H-pyrrole nitrogens is 2. The molecule has 1 atom stereocenters. The number of nitrogens with zero attached hydrogens (tertiary/aromatic N) is 2. The van der Waals surface area contributed by atoms with Crippen LogP contribution in [0.5, 0.6) is 5.75 Å². The molecular weight excluding hydrogens is 526 g/mol. The third-order valence-electron chi connectivity index (χ3n) is 8.32. The van der Waals surface area contributed by atoms with E-state index in [2.05, 4.69) is 20.5 Å². The molecule has 0 spiro atoms. The lowest BCUT2D eigenvalue weighted by Gasteiger charge is -2.28. The third kappa shape index (κ3) is 6.16. The van der Waals surface area contributed by atoms with Crippen LogP contribution in [0.25, 0.3) is 22.2 Å². The van der Waals surface area contributed by atoms with Gasteiger partial charge in [-0.1, -0.05) is 54.6 Å². The maximum atomic E-state index is 13.6. The number of anilines is 1. The Labute approximate surface area is 245 Å². The molecule has 0 aliphatic heterocycles. The highest BCUT2D eigenvalue weighted by molar-refractivity contribution is 5.91. The fourth-order valence-electron chi connectivity index (χ4n) is 5.80. The van der Waals surface area contributed by atoms with E-state index >= 15 is 0 Å². The number of carbonyl (C=O) groups is 1. The summed E-state index contributed by atoms with van der Waals surface area (Å²) in [5, 5.41) is 11.3. The summed E-state index contributed by atoms with van der Waals surface area (Å²) in [4.78, 5) is 21.8. The van der Waals surface area contributed by atoms with Crippen LogP contribution in [-0.2, 0) is 17.8 Å². The van der Waals surface area contributed by atoms with Crippen LogP contribution < -0.4 is 21.5 Å². The smallest absolute Gasteiger partial charge is 0.223 e. The van der Waals surface area contributed by atoms with Gasteiger partial charge in [-0.05, 0) is 67.5 Å². The van der Waals surface area contributed by atoms with Crippen LogP contribution in [0.2, 0.25) is 0 Å². The fraction of sp³-hybridized carbons (Fsp3) is 0.303. The molecule has 7 N–H and O–H groups in total. The summed E-state index contributed by atoms with van der Waals surface area (Å²) in [7, 11) is 0. The second-order valence-electron chi connectivity index (χ2n) is 11.1. The number of amides is 1. The van der Waals surface area contributed by atoms with E-state index in [4.69, 9.17) is 21.2 Å². The summed E-state index contributed by atoms with van der Waals surface area (Å²) in [5.41, 5.74) is 16.5. The molecule has 1 unspecified atom stereocenters. The summed E-state index contributed by atoms with van der Waals surface area (Å²) in [6.45, 7) is 1.15. The number of nitrogens with two attached hydrogens (primary N) is 2. The molecule has 42 heavy (non-hydrogen) atoms. The topological polar surface area (TPSA) is 148 Å². The molecule has 0 radical (unpaired) electrons. The number of imidazole rings is 1. The molecule has 6 rings (SSSR count). The molecule has 9 nitrogen and oxygen atoms in total. The number of nitrogens with one attached hydrogen (secondary N) is 3. The largest absolute Gasteiger partial charge is 0.489 e. The van der Waals surface area contributed by atoms with Crippen molar-refractivity contribution in [3.63, 3.8) is 0 Å². The van der Waals surface area contributed by atoms with Crippen LogP contribution in [0.4, 0.5) is 5.82 Å². The number of carbonyl (C=O) groups excluding carboxylic acids is 1. The molecule has 1 saturated carbocycles. The Morgan fingerprint density at radius 2 is 1.81 bits per heavy atom. The van der Waals surface area contributed by atoms with Gasteiger partial charge in [0.05, 0.1) is 17.3 Å². The maximum Gasteiger partial charge on any atom is 0.223 e. The highest BCUT2D eigenvalue weighted by Crippen LogP contribution is 2.31. The van der Waals surface area contributed by atoms with Crippen molar-refractivity contribution in [1.29, 1.82) is 0 Å². The molecule has 0 saturated heterocycles. The van der Waals surface area contributed by atoms with E-state index in [-0.39, 0.29) is 17.9 Å². The Morgan fingerprint density at radius 1 is 1.02 bits per heavy atom. The van der Waals surface area contributed by atoms with E-state index in [0.717, 1.165) is 64.7 Å². The van der Waals surface area contributed by atoms with Crippen LogP contribution >= 0.6 is 0 Å². The van der Waals surface area contributed by atoms with E-state index in [1.54, 1.807) is 0 Å². The highest BCUT2D eigenvalue weighted by Gasteiger charge is 2.29.